The van der Waals surface area contributed by atoms with Crippen molar-refractivity contribution in [2.45, 2.75) is 39.3 Å². The van der Waals surface area contributed by atoms with Crippen molar-refractivity contribution in [1.82, 2.24) is 10.3 Å². The molecule has 6 heteroatoms. The average molecular weight is 280 g/mol. The zero-order chi connectivity index (χ0) is 15.2. The van der Waals surface area contributed by atoms with E-state index in [4.69, 9.17) is 4.74 Å². The third-order valence-corrected chi connectivity index (χ3v) is 2.23. The van der Waals surface area contributed by atoms with E-state index >= 15 is 0 Å². The van der Waals surface area contributed by atoms with Gasteiger partial charge in [0, 0.05) is 0 Å². The molecule has 1 rings (SSSR count). The second-order valence-corrected chi connectivity index (χ2v) is 5.23. The summed E-state index contributed by atoms with van der Waals surface area (Å²) < 4.78 is 9.70. The van der Waals surface area contributed by atoms with E-state index in [1.807, 2.05) is 0 Å². The second-order valence-electron chi connectivity index (χ2n) is 5.23. The molecule has 0 aliphatic carbocycles. The van der Waals surface area contributed by atoms with Crippen LogP contribution in [0.4, 0.5) is 4.79 Å². The molecule has 0 aliphatic heterocycles. The van der Waals surface area contributed by atoms with Crippen LogP contribution in [0.15, 0.2) is 18.2 Å². The molecule has 0 fully saturated rings. The first-order valence-corrected chi connectivity index (χ1v) is 6.28. The van der Waals surface area contributed by atoms with Crippen LogP contribution in [0, 0.1) is 0 Å². The summed E-state index contributed by atoms with van der Waals surface area (Å²) in [6.07, 6.45) is -0.394. The van der Waals surface area contributed by atoms with E-state index < -0.39 is 11.7 Å². The minimum absolute atomic E-state index is 0.108. The Morgan fingerprint density at radius 3 is 2.50 bits per heavy atom. The number of hydrogen-bond donors (Lipinski definition) is 1. The Labute approximate surface area is 118 Å². The quantitative estimate of drug-likeness (QED) is 0.851. The lowest BCUT2D eigenvalue weighted by molar-refractivity contribution is -0.139. The summed E-state index contributed by atoms with van der Waals surface area (Å²) in [6, 6.07) is 5.27. The number of amides is 1. The molecule has 0 unspecified atom stereocenters. The monoisotopic (exact) mass is 280 g/mol. The van der Waals surface area contributed by atoms with Gasteiger partial charge in [-0.15, -0.1) is 0 Å². The minimum atomic E-state index is -0.537. The average Bonchev–Trinajstić information content (AvgIpc) is 2.34. The Kier molecular flexibility index (Phi) is 5.49. The lowest BCUT2D eigenvalue weighted by Crippen LogP contribution is -2.32. The third kappa shape index (κ3) is 6.17. The van der Waals surface area contributed by atoms with Crippen LogP contribution in [0.3, 0.4) is 0 Å². The molecule has 110 valence electrons. The molecule has 1 aromatic heterocycles. The van der Waals surface area contributed by atoms with Crippen LogP contribution in [-0.2, 0) is 27.2 Å². The predicted octanol–water partition coefficient (Wildman–Crippen LogP) is 1.82. The van der Waals surface area contributed by atoms with Crippen LogP contribution in [0.25, 0.3) is 0 Å². The maximum atomic E-state index is 11.5. The Bertz CT molecular complexity index is 480. The highest BCUT2D eigenvalue weighted by atomic mass is 16.6. The Morgan fingerprint density at radius 2 is 1.90 bits per heavy atom. The first-order valence-electron chi connectivity index (χ1n) is 6.28. The van der Waals surface area contributed by atoms with Crippen molar-refractivity contribution in [1.29, 1.82) is 0 Å². The fraction of sp³-hybridized carbons (Fsp3) is 0.500. The van der Waals surface area contributed by atoms with Gasteiger partial charge in [0.1, 0.15) is 5.60 Å². The van der Waals surface area contributed by atoms with E-state index in [9.17, 15) is 9.59 Å². The number of ether oxygens (including phenoxy) is 2. The molecule has 1 heterocycles. The van der Waals surface area contributed by atoms with Crippen LogP contribution in [0.5, 0.6) is 0 Å². The number of aromatic nitrogens is 1. The summed E-state index contributed by atoms with van der Waals surface area (Å²) in [5.74, 6) is -0.352. The lowest BCUT2D eigenvalue weighted by Gasteiger charge is -2.19. The van der Waals surface area contributed by atoms with E-state index in [0.29, 0.717) is 11.4 Å². The molecule has 0 atom stereocenters. The predicted molar refractivity (Wildman–Crippen MR) is 73.0 cm³/mol. The highest BCUT2D eigenvalue weighted by Crippen LogP contribution is 2.07. The first-order chi connectivity index (χ1) is 9.30. The zero-order valence-electron chi connectivity index (χ0n) is 12.2. The lowest BCUT2D eigenvalue weighted by atomic mass is 10.2. The number of carbonyl (C=O) groups excluding carboxylic acids is 2. The molecule has 0 spiro atoms. The Hall–Kier alpha value is -2.11. The molecule has 0 aliphatic rings. The molecule has 1 N–H and O–H groups in total. The third-order valence-electron chi connectivity index (χ3n) is 2.23. The number of nitrogens with one attached hydrogen (secondary N) is 1. The Morgan fingerprint density at radius 1 is 1.25 bits per heavy atom. The van der Waals surface area contributed by atoms with E-state index in [1.54, 1.807) is 39.0 Å². The van der Waals surface area contributed by atoms with Crippen LogP contribution >= 0.6 is 0 Å². The summed E-state index contributed by atoms with van der Waals surface area (Å²) in [7, 11) is 1.33. The first kappa shape index (κ1) is 15.9. The van der Waals surface area contributed by atoms with E-state index in [-0.39, 0.29) is 18.9 Å². The van der Waals surface area contributed by atoms with Crippen molar-refractivity contribution in [3.8, 4) is 0 Å². The van der Waals surface area contributed by atoms with Gasteiger partial charge in [0.05, 0.1) is 31.5 Å². The van der Waals surface area contributed by atoms with Crippen molar-refractivity contribution < 1.29 is 19.1 Å². The highest BCUT2D eigenvalue weighted by molar-refractivity contribution is 5.71. The number of rotatable bonds is 4. The molecule has 0 saturated heterocycles. The van der Waals surface area contributed by atoms with Gasteiger partial charge in [-0.3, -0.25) is 9.78 Å². The molecular formula is C14H20N2O4. The maximum absolute atomic E-state index is 11.5. The minimum Gasteiger partial charge on any atom is -0.469 e. The smallest absolute Gasteiger partial charge is 0.407 e. The SMILES string of the molecule is COC(=O)Cc1cccc(CNC(=O)OC(C)(C)C)n1. The topological polar surface area (TPSA) is 77.5 Å². The van der Waals surface area contributed by atoms with E-state index in [2.05, 4.69) is 15.0 Å². The number of nitrogens with zero attached hydrogens (tertiary/aromatic N) is 1. The standard InChI is InChI=1S/C14H20N2O4/c1-14(2,3)20-13(18)15-9-11-7-5-6-10(16-11)8-12(17)19-4/h5-7H,8-9H2,1-4H3,(H,15,18). The van der Waals surface area contributed by atoms with Crippen molar-refractivity contribution in [3.05, 3.63) is 29.6 Å². The van der Waals surface area contributed by atoms with E-state index in [0.717, 1.165) is 0 Å². The number of hydrogen-bond acceptors (Lipinski definition) is 5. The van der Waals surface area contributed by atoms with Gasteiger partial charge in [-0.2, -0.15) is 0 Å². The van der Waals surface area contributed by atoms with E-state index in [1.165, 1.54) is 7.11 Å². The van der Waals surface area contributed by atoms with Crippen molar-refractivity contribution in [2.24, 2.45) is 0 Å². The van der Waals surface area contributed by atoms with Crippen LogP contribution in [-0.4, -0.2) is 29.8 Å². The maximum Gasteiger partial charge on any atom is 0.407 e. The van der Waals surface area contributed by atoms with Gasteiger partial charge in [0.25, 0.3) is 0 Å². The molecule has 1 amide bonds. The number of carbonyl (C=O) groups is 2. The van der Waals surface area contributed by atoms with Crippen LogP contribution in [0.1, 0.15) is 32.2 Å². The molecule has 0 aromatic carbocycles. The zero-order valence-corrected chi connectivity index (χ0v) is 12.2. The summed E-state index contributed by atoms with van der Waals surface area (Å²) >= 11 is 0. The van der Waals surface area contributed by atoms with Gasteiger partial charge < -0.3 is 14.8 Å². The largest absolute Gasteiger partial charge is 0.469 e. The van der Waals surface area contributed by atoms with Gasteiger partial charge in [-0.1, -0.05) is 6.07 Å². The Balaban J connectivity index is 2.54. The molecular weight excluding hydrogens is 260 g/mol. The summed E-state index contributed by atoms with van der Waals surface area (Å²) in [5, 5.41) is 2.61. The normalized spacial score (nSPS) is 10.8. The van der Waals surface area contributed by atoms with Gasteiger partial charge >= 0.3 is 12.1 Å². The van der Waals surface area contributed by atoms with Gasteiger partial charge in [0.2, 0.25) is 0 Å². The van der Waals surface area contributed by atoms with Crippen molar-refractivity contribution >= 4 is 12.1 Å². The second kappa shape index (κ2) is 6.88. The fourth-order valence-electron chi connectivity index (χ4n) is 1.42. The molecule has 20 heavy (non-hydrogen) atoms. The van der Waals surface area contributed by atoms with Crippen molar-refractivity contribution in [3.63, 3.8) is 0 Å². The summed E-state index contributed by atoms with van der Waals surface area (Å²) in [6.45, 7) is 5.62. The van der Waals surface area contributed by atoms with Gasteiger partial charge in [-0.25, -0.2) is 4.79 Å². The highest BCUT2D eigenvalue weighted by Gasteiger charge is 2.15. The van der Waals surface area contributed by atoms with Gasteiger partial charge in [-0.05, 0) is 32.9 Å². The molecule has 0 saturated carbocycles. The summed E-state index contributed by atoms with van der Waals surface area (Å²) in [4.78, 5) is 26.9. The van der Waals surface area contributed by atoms with Crippen molar-refractivity contribution in [2.75, 3.05) is 7.11 Å². The fourth-order valence-corrected chi connectivity index (χ4v) is 1.42. The molecule has 6 nitrogen and oxygen atoms in total. The molecule has 0 radical (unpaired) electrons. The summed E-state index contributed by atoms with van der Waals surface area (Å²) in [5.41, 5.74) is 0.710. The number of pyridine rings is 1. The number of esters is 1. The molecule has 0 bridgehead atoms. The van der Waals surface area contributed by atoms with Crippen LogP contribution < -0.4 is 5.32 Å². The van der Waals surface area contributed by atoms with Crippen LogP contribution in [0.2, 0.25) is 0 Å². The number of alkyl carbamates (subject to hydrolysis) is 1. The number of methoxy groups -OCH3 is 1. The molecule has 1 aromatic rings. The van der Waals surface area contributed by atoms with Gasteiger partial charge in [0.15, 0.2) is 0 Å².